The van der Waals surface area contributed by atoms with Gasteiger partial charge in [-0.25, -0.2) is 8.42 Å². The molecular formula is C23H38N2O3S. The van der Waals surface area contributed by atoms with Gasteiger partial charge in [-0.05, 0) is 74.1 Å². The summed E-state index contributed by atoms with van der Waals surface area (Å²) < 4.78 is 27.2. The van der Waals surface area contributed by atoms with Crippen molar-refractivity contribution < 1.29 is 13.2 Å². The Kier molecular flexibility index (Phi) is 8.29. The Morgan fingerprint density at radius 2 is 1.52 bits per heavy atom. The fourth-order valence-corrected chi connectivity index (χ4v) is 5.77. The van der Waals surface area contributed by atoms with E-state index in [4.69, 9.17) is 0 Å². The molecule has 1 aromatic rings. The molecule has 6 heteroatoms. The molecule has 1 saturated carbocycles. The van der Waals surface area contributed by atoms with Crippen molar-refractivity contribution in [2.45, 2.75) is 84.1 Å². The minimum absolute atomic E-state index is 0.118. The van der Waals surface area contributed by atoms with Crippen LogP contribution in [0.4, 0.5) is 0 Å². The van der Waals surface area contributed by atoms with Gasteiger partial charge in [0.25, 0.3) is 5.91 Å². The van der Waals surface area contributed by atoms with Gasteiger partial charge in [0.05, 0.1) is 4.90 Å². The van der Waals surface area contributed by atoms with E-state index in [0.717, 1.165) is 38.5 Å². The minimum atomic E-state index is -3.51. The van der Waals surface area contributed by atoms with Gasteiger partial charge in [-0.15, -0.1) is 0 Å². The van der Waals surface area contributed by atoms with E-state index in [9.17, 15) is 13.2 Å². The Morgan fingerprint density at radius 3 is 1.97 bits per heavy atom. The van der Waals surface area contributed by atoms with E-state index < -0.39 is 10.0 Å². The van der Waals surface area contributed by atoms with E-state index >= 15 is 0 Å². The lowest BCUT2D eigenvalue weighted by molar-refractivity contribution is 0.0904. The molecule has 0 aliphatic heterocycles. The predicted octanol–water partition coefficient (Wildman–Crippen LogP) is 4.83. The van der Waals surface area contributed by atoms with Gasteiger partial charge in [0, 0.05) is 24.7 Å². The number of nitrogens with zero attached hydrogens (tertiary/aromatic N) is 1. The summed E-state index contributed by atoms with van der Waals surface area (Å²) in [7, 11) is -3.51. The number of sulfonamides is 1. The van der Waals surface area contributed by atoms with Crippen molar-refractivity contribution >= 4 is 15.9 Å². The molecule has 29 heavy (non-hydrogen) atoms. The van der Waals surface area contributed by atoms with Gasteiger partial charge >= 0.3 is 0 Å². The zero-order valence-corrected chi connectivity index (χ0v) is 19.5. The van der Waals surface area contributed by atoms with Crippen molar-refractivity contribution in [1.29, 1.82) is 0 Å². The third kappa shape index (κ3) is 6.29. The van der Waals surface area contributed by atoms with Crippen LogP contribution < -0.4 is 5.32 Å². The molecule has 0 unspecified atom stereocenters. The molecular weight excluding hydrogens is 384 g/mol. The summed E-state index contributed by atoms with van der Waals surface area (Å²) in [6.45, 7) is 11.8. The number of nitrogens with one attached hydrogen (secondary N) is 1. The van der Waals surface area contributed by atoms with E-state index in [2.05, 4.69) is 26.1 Å². The second kappa shape index (κ2) is 10.1. The molecule has 5 nitrogen and oxygen atoms in total. The molecule has 0 heterocycles. The first-order valence-corrected chi connectivity index (χ1v) is 12.4. The standard InChI is InChI=1S/C23H38N2O3S/c1-6-16-25(17-7-2)29(27,28)21-14-8-18(9-15-21)22(26)24-20-12-10-19(11-13-20)23(3,4)5/h8-9,14-15,19-20H,6-7,10-13,16-17H2,1-5H3,(H,24,26). The number of hydrogen-bond donors (Lipinski definition) is 1. The number of amides is 1. The van der Waals surface area contributed by atoms with Crippen LogP contribution >= 0.6 is 0 Å². The molecule has 164 valence electrons. The molecule has 1 N–H and O–H groups in total. The van der Waals surface area contributed by atoms with Crippen LogP contribution in [0.1, 0.15) is 83.5 Å². The Labute approximate surface area is 177 Å². The highest BCUT2D eigenvalue weighted by Gasteiger charge is 2.30. The Bertz CT molecular complexity index is 752. The lowest BCUT2D eigenvalue weighted by atomic mass is 9.71. The van der Waals surface area contributed by atoms with E-state index in [1.54, 1.807) is 24.3 Å². The molecule has 2 rings (SSSR count). The van der Waals surface area contributed by atoms with Gasteiger partial charge in [-0.3, -0.25) is 4.79 Å². The Hall–Kier alpha value is -1.40. The number of hydrogen-bond acceptors (Lipinski definition) is 3. The molecule has 1 aromatic carbocycles. The first-order valence-electron chi connectivity index (χ1n) is 11.0. The van der Waals surface area contributed by atoms with Crippen LogP contribution in [0.25, 0.3) is 0 Å². The summed E-state index contributed by atoms with van der Waals surface area (Å²) in [4.78, 5) is 12.9. The number of benzene rings is 1. The first kappa shape index (κ1) is 23.9. The van der Waals surface area contributed by atoms with Gasteiger partial charge in [-0.2, -0.15) is 4.31 Å². The molecule has 0 aromatic heterocycles. The summed E-state index contributed by atoms with van der Waals surface area (Å²) >= 11 is 0. The van der Waals surface area contributed by atoms with Crippen LogP contribution in [0.5, 0.6) is 0 Å². The van der Waals surface area contributed by atoms with Crippen LogP contribution in [0.15, 0.2) is 29.2 Å². The quantitative estimate of drug-likeness (QED) is 0.652. The van der Waals surface area contributed by atoms with E-state index in [1.165, 1.54) is 4.31 Å². The van der Waals surface area contributed by atoms with Crippen molar-refractivity contribution in [2.24, 2.45) is 11.3 Å². The van der Waals surface area contributed by atoms with Gasteiger partial charge < -0.3 is 5.32 Å². The summed E-state index contributed by atoms with van der Waals surface area (Å²) in [6, 6.07) is 6.56. The van der Waals surface area contributed by atoms with E-state index in [0.29, 0.717) is 30.0 Å². The topological polar surface area (TPSA) is 66.5 Å². The van der Waals surface area contributed by atoms with Crippen LogP contribution in [-0.4, -0.2) is 37.8 Å². The third-order valence-electron chi connectivity index (χ3n) is 5.99. The highest BCUT2D eigenvalue weighted by atomic mass is 32.2. The Balaban J connectivity index is 2.00. The maximum Gasteiger partial charge on any atom is 0.251 e. The maximum atomic E-state index is 12.8. The summed E-state index contributed by atoms with van der Waals surface area (Å²) in [5, 5.41) is 3.13. The SMILES string of the molecule is CCCN(CCC)S(=O)(=O)c1ccc(C(=O)NC2CCC(C(C)(C)C)CC2)cc1. The van der Waals surface area contributed by atoms with Crippen molar-refractivity contribution in [2.75, 3.05) is 13.1 Å². The largest absolute Gasteiger partial charge is 0.349 e. The van der Waals surface area contributed by atoms with Crippen LogP contribution in [0.3, 0.4) is 0 Å². The van der Waals surface area contributed by atoms with Gasteiger partial charge in [0.1, 0.15) is 0 Å². The molecule has 0 saturated heterocycles. The summed E-state index contributed by atoms with van der Waals surface area (Å²) in [5.41, 5.74) is 0.833. The lowest BCUT2D eigenvalue weighted by Crippen LogP contribution is -2.39. The first-order chi connectivity index (χ1) is 13.6. The molecule has 1 amide bonds. The molecule has 0 bridgehead atoms. The fourth-order valence-electron chi connectivity index (χ4n) is 4.15. The van der Waals surface area contributed by atoms with Crippen molar-refractivity contribution in [3.05, 3.63) is 29.8 Å². The second-order valence-electron chi connectivity index (χ2n) is 9.32. The van der Waals surface area contributed by atoms with Crippen LogP contribution in [-0.2, 0) is 10.0 Å². The maximum absolute atomic E-state index is 12.8. The summed E-state index contributed by atoms with van der Waals surface area (Å²) in [5.74, 6) is 0.585. The predicted molar refractivity (Wildman–Crippen MR) is 118 cm³/mol. The normalized spacial score (nSPS) is 20.6. The van der Waals surface area contributed by atoms with Crippen LogP contribution in [0.2, 0.25) is 0 Å². The molecule has 1 aliphatic carbocycles. The van der Waals surface area contributed by atoms with Crippen molar-refractivity contribution in [3.8, 4) is 0 Å². The Morgan fingerprint density at radius 1 is 1.00 bits per heavy atom. The fraction of sp³-hybridized carbons (Fsp3) is 0.696. The molecule has 0 radical (unpaired) electrons. The average Bonchev–Trinajstić information content (AvgIpc) is 2.67. The third-order valence-corrected chi connectivity index (χ3v) is 7.90. The van der Waals surface area contributed by atoms with Crippen molar-refractivity contribution in [3.63, 3.8) is 0 Å². The second-order valence-corrected chi connectivity index (χ2v) is 11.3. The highest BCUT2D eigenvalue weighted by Crippen LogP contribution is 2.37. The minimum Gasteiger partial charge on any atom is -0.349 e. The monoisotopic (exact) mass is 422 g/mol. The van der Waals surface area contributed by atoms with Gasteiger partial charge in [0.2, 0.25) is 10.0 Å². The molecule has 0 atom stereocenters. The van der Waals surface area contributed by atoms with Crippen molar-refractivity contribution in [1.82, 2.24) is 9.62 Å². The number of carbonyl (C=O) groups is 1. The van der Waals surface area contributed by atoms with Gasteiger partial charge in [0.15, 0.2) is 0 Å². The highest BCUT2D eigenvalue weighted by molar-refractivity contribution is 7.89. The smallest absolute Gasteiger partial charge is 0.251 e. The molecule has 0 spiro atoms. The van der Waals surface area contributed by atoms with Crippen LogP contribution in [0, 0.1) is 11.3 Å². The van der Waals surface area contributed by atoms with E-state index in [1.807, 2.05) is 13.8 Å². The van der Waals surface area contributed by atoms with Gasteiger partial charge in [-0.1, -0.05) is 34.6 Å². The number of carbonyl (C=O) groups excluding carboxylic acids is 1. The molecule has 1 fully saturated rings. The average molecular weight is 423 g/mol. The zero-order chi connectivity index (χ0) is 21.7. The molecule has 1 aliphatic rings. The zero-order valence-electron chi connectivity index (χ0n) is 18.7. The number of rotatable bonds is 8. The summed E-state index contributed by atoms with van der Waals surface area (Å²) in [6.07, 6.45) is 5.83. The van der Waals surface area contributed by atoms with E-state index in [-0.39, 0.29) is 16.8 Å². The lowest BCUT2D eigenvalue weighted by Gasteiger charge is -2.37.